The minimum Gasteiger partial charge on any atom is -0.508 e. The van der Waals surface area contributed by atoms with Crippen molar-refractivity contribution in [2.24, 2.45) is 5.92 Å². The van der Waals surface area contributed by atoms with Gasteiger partial charge in [-0.25, -0.2) is 0 Å². The average molecular weight is 317 g/mol. The molecule has 0 aromatic heterocycles. The predicted molar refractivity (Wildman–Crippen MR) is 77.6 cm³/mol. The molecular weight excluding hydrogens is 295 g/mol. The van der Waals surface area contributed by atoms with E-state index < -0.39 is 12.1 Å². The number of rotatable bonds is 5. The lowest BCUT2D eigenvalue weighted by atomic mass is 9.84. The van der Waals surface area contributed by atoms with Crippen molar-refractivity contribution in [3.63, 3.8) is 0 Å². The van der Waals surface area contributed by atoms with Gasteiger partial charge in [-0.2, -0.15) is 13.2 Å². The van der Waals surface area contributed by atoms with Gasteiger partial charge in [-0.15, -0.1) is 0 Å². The number of hydrogen-bond acceptors (Lipinski definition) is 3. The lowest BCUT2D eigenvalue weighted by Crippen LogP contribution is -2.45. The van der Waals surface area contributed by atoms with Crippen molar-refractivity contribution in [2.75, 3.05) is 6.61 Å². The zero-order valence-corrected chi connectivity index (χ0v) is 12.3. The van der Waals surface area contributed by atoms with Gasteiger partial charge in [0.1, 0.15) is 5.75 Å². The van der Waals surface area contributed by atoms with E-state index in [4.69, 9.17) is 0 Å². The number of benzene rings is 1. The minimum atomic E-state index is -4.13. The summed E-state index contributed by atoms with van der Waals surface area (Å²) in [7, 11) is 0. The van der Waals surface area contributed by atoms with Gasteiger partial charge in [0.15, 0.2) is 0 Å². The third-order valence-corrected chi connectivity index (χ3v) is 4.25. The van der Waals surface area contributed by atoms with Gasteiger partial charge in [0.25, 0.3) is 0 Å². The largest absolute Gasteiger partial charge is 0.508 e. The molecule has 3 atom stereocenters. The number of aliphatic hydroxyl groups is 1. The summed E-state index contributed by atoms with van der Waals surface area (Å²) >= 11 is 0. The summed E-state index contributed by atoms with van der Waals surface area (Å²) in [4.78, 5) is 0. The molecule has 1 aliphatic rings. The highest BCUT2D eigenvalue weighted by molar-refractivity contribution is 5.26. The van der Waals surface area contributed by atoms with Crippen molar-refractivity contribution < 1.29 is 23.4 Å². The molecule has 1 fully saturated rings. The van der Waals surface area contributed by atoms with Crippen LogP contribution < -0.4 is 5.32 Å². The fraction of sp³-hybridized carbons (Fsp3) is 0.625. The Morgan fingerprint density at radius 2 is 1.86 bits per heavy atom. The van der Waals surface area contributed by atoms with E-state index in [1.54, 1.807) is 24.3 Å². The number of aliphatic hydroxyl groups excluding tert-OH is 1. The summed E-state index contributed by atoms with van der Waals surface area (Å²) in [6.45, 7) is -0.131. The van der Waals surface area contributed by atoms with Crippen molar-refractivity contribution in [1.82, 2.24) is 5.32 Å². The first-order valence-corrected chi connectivity index (χ1v) is 7.60. The van der Waals surface area contributed by atoms with Gasteiger partial charge in [-0.3, -0.25) is 0 Å². The summed E-state index contributed by atoms with van der Waals surface area (Å²) in [5.41, 5.74) is 0.924. The Balaban J connectivity index is 1.90. The maximum Gasteiger partial charge on any atom is 0.391 e. The number of halogens is 3. The van der Waals surface area contributed by atoms with Gasteiger partial charge in [-0.1, -0.05) is 18.6 Å². The Kier molecular flexibility index (Phi) is 5.69. The normalized spacial score (nSPS) is 24.2. The van der Waals surface area contributed by atoms with Crippen LogP contribution in [0.3, 0.4) is 0 Å². The molecule has 0 saturated heterocycles. The molecule has 0 radical (unpaired) electrons. The molecule has 1 saturated carbocycles. The molecule has 3 N–H and O–H groups in total. The van der Waals surface area contributed by atoms with Crippen LogP contribution in [-0.4, -0.2) is 35.1 Å². The molecule has 0 spiro atoms. The second kappa shape index (κ2) is 7.33. The van der Waals surface area contributed by atoms with Crippen molar-refractivity contribution in [3.05, 3.63) is 29.8 Å². The molecule has 0 bridgehead atoms. The van der Waals surface area contributed by atoms with Crippen molar-refractivity contribution in [3.8, 4) is 5.75 Å². The molecule has 0 unspecified atom stereocenters. The highest BCUT2D eigenvalue weighted by atomic mass is 19.4. The summed E-state index contributed by atoms with van der Waals surface area (Å²) in [5.74, 6) is -1.08. The molecular formula is C16H22F3NO2. The van der Waals surface area contributed by atoms with Crippen LogP contribution in [0.1, 0.15) is 31.2 Å². The number of phenols is 1. The van der Waals surface area contributed by atoms with Gasteiger partial charge in [0.2, 0.25) is 0 Å². The van der Waals surface area contributed by atoms with E-state index in [2.05, 4.69) is 5.32 Å². The quantitative estimate of drug-likeness (QED) is 0.782. The maximum atomic E-state index is 12.8. The molecule has 22 heavy (non-hydrogen) atoms. The van der Waals surface area contributed by atoms with Crippen LogP contribution in [0.4, 0.5) is 13.2 Å². The van der Waals surface area contributed by atoms with Crippen LogP contribution in [0, 0.1) is 5.92 Å². The van der Waals surface area contributed by atoms with Crippen LogP contribution in [0.15, 0.2) is 24.3 Å². The standard InChI is InChI=1S/C16H22F3NO2/c17-16(18,19)12-2-1-3-13(9-12)20-14(10-21)8-11-4-6-15(22)7-5-11/h4-7,12-14,20-22H,1-3,8-10H2/t12-,13-,14+/m1/s1. The first kappa shape index (κ1) is 17.1. The van der Waals surface area contributed by atoms with E-state index in [0.717, 1.165) is 5.56 Å². The summed E-state index contributed by atoms with van der Waals surface area (Å²) in [6.07, 6.45) is -2.08. The average Bonchev–Trinajstić information content (AvgIpc) is 2.48. The molecule has 0 heterocycles. The monoisotopic (exact) mass is 317 g/mol. The van der Waals surface area contributed by atoms with E-state index in [1.165, 1.54) is 0 Å². The van der Waals surface area contributed by atoms with E-state index >= 15 is 0 Å². The van der Waals surface area contributed by atoms with Gasteiger partial charge in [-0.05, 0) is 43.4 Å². The molecule has 0 amide bonds. The van der Waals surface area contributed by atoms with Crippen molar-refractivity contribution in [2.45, 2.75) is 50.4 Å². The third-order valence-electron chi connectivity index (χ3n) is 4.25. The van der Waals surface area contributed by atoms with Gasteiger partial charge in [0.05, 0.1) is 12.5 Å². The number of aromatic hydroxyl groups is 1. The SMILES string of the molecule is OC[C@H](Cc1ccc(O)cc1)N[C@@H]1CCC[C@@H](C(F)(F)F)C1. The van der Waals surface area contributed by atoms with Crippen molar-refractivity contribution >= 4 is 0 Å². The molecule has 1 aromatic carbocycles. The van der Waals surface area contributed by atoms with E-state index in [1.807, 2.05) is 0 Å². The topological polar surface area (TPSA) is 52.5 Å². The Morgan fingerprint density at radius 1 is 1.18 bits per heavy atom. The fourth-order valence-corrected chi connectivity index (χ4v) is 3.06. The lowest BCUT2D eigenvalue weighted by Gasteiger charge is -2.33. The Bertz CT molecular complexity index is 461. The second-order valence-corrected chi connectivity index (χ2v) is 6.02. The highest BCUT2D eigenvalue weighted by Gasteiger charge is 2.42. The molecule has 2 rings (SSSR count). The molecule has 6 heteroatoms. The molecule has 124 valence electrons. The van der Waals surface area contributed by atoms with E-state index in [9.17, 15) is 23.4 Å². The predicted octanol–water partition coefficient (Wildman–Crippen LogP) is 3.01. The van der Waals surface area contributed by atoms with Crippen LogP contribution in [0.5, 0.6) is 5.75 Å². The summed E-state index contributed by atoms with van der Waals surface area (Å²) < 4.78 is 38.5. The Hall–Kier alpha value is -1.27. The van der Waals surface area contributed by atoms with Gasteiger partial charge in [0, 0.05) is 12.1 Å². The number of hydrogen-bond donors (Lipinski definition) is 3. The first-order valence-electron chi connectivity index (χ1n) is 7.60. The highest BCUT2D eigenvalue weighted by Crippen LogP contribution is 2.37. The zero-order chi connectivity index (χ0) is 16.2. The molecule has 0 aliphatic heterocycles. The van der Waals surface area contributed by atoms with E-state index in [0.29, 0.717) is 19.3 Å². The van der Waals surface area contributed by atoms with Crippen LogP contribution in [-0.2, 0) is 6.42 Å². The first-order chi connectivity index (χ1) is 10.4. The van der Waals surface area contributed by atoms with Crippen LogP contribution >= 0.6 is 0 Å². The van der Waals surface area contributed by atoms with Gasteiger partial charge >= 0.3 is 6.18 Å². The lowest BCUT2D eigenvalue weighted by molar-refractivity contribution is -0.183. The molecule has 1 aromatic rings. The fourth-order valence-electron chi connectivity index (χ4n) is 3.06. The van der Waals surface area contributed by atoms with Crippen LogP contribution in [0.25, 0.3) is 0 Å². The maximum absolute atomic E-state index is 12.8. The van der Waals surface area contributed by atoms with Crippen LogP contribution in [0.2, 0.25) is 0 Å². The Morgan fingerprint density at radius 3 is 2.45 bits per heavy atom. The molecule has 3 nitrogen and oxygen atoms in total. The third kappa shape index (κ3) is 4.88. The number of nitrogens with one attached hydrogen (secondary N) is 1. The van der Waals surface area contributed by atoms with Crippen molar-refractivity contribution in [1.29, 1.82) is 0 Å². The second-order valence-electron chi connectivity index (χ2n) is 6.02. The smallest absolute Gasteiger partial charge is 0.391 e. The Labute approximate surface area is 128 Å². The minimum absolute atomic E-state index is 0.0789. The van der Waals surface area contributed by atoms with Gasteiger partial charge < -0.3 is 15.5 Å². The summed E-state index contributed by atoms with van der Waals surface area (Å²) in [5, 5.41) is 21.9. The number of phenolic OH excluding ortho intramolecular Hbond substituents is 1. The summed E-state index contributed by atoms with van der Waals surface area (Å²) in [6, 6.07) is 6.13. The molecule has 1 aliphatic carbocycles. The number of alkyl halides is 3. The van der Waals surface area contributed by atoms with E-state index in [-0.39, 0.29) is 37.3 Å². The zero-order valence-electron chi connectivity index (χ0n) is 12.3.